The first kappa shape index (κ1) is 17.7. The van der Waals surface area contributed by atoms with Crippen molar-refractivity contribution in [2.24, 2.45) is 0 Å². The van der Waals surface area contributed by atoms with Gasteiger partial charge in [-0.2, -0.15) is 5.10 Å². The highest BCUT2D eigenvalue weighted by atomic mass is 35.5. The molecule has 1 amide bonds. The Morgan fingerprint density at radius 3 is 2.79 bits per heavy atom. The molecule has 144 valence electrons. The number of aromatic amines is 1. The van der Waals surface area contributed by atoms with E-state index < -0.39 is 0 Å². The van der Waals surface area contributed by atoms with Gasteiger partial charge >= 0.3 is 0 Å². The number of benzene rings is 2. The van der Waals surface area contributed by atoms with E-state index in [9.17, 15) is 4.79 Å². The summed E-state index contributed by atoms with van der Waals surface area (Å²) in [4.78, 5) is 18.4. The molecule has 0 spiro atoms. The summed E-state index contributed by atoms with van der Waals surface area (Å²) in [6.07, 6.45) is 2.92. The first-order valence-electron chi connectivity index (χ1n) is 9.31. The molecule has 1 aliphatic rings. The number of halogens is 1. The second kappa shape index (κ2) is 6.90. The van der Waals surface area contributed by atoms with Crippen LogP contribution >= 0.6 is 11.6 Å². The van der Waals surface area contributed by atoms with E-state index in [2.05, 4.69) is 25.8 Å². The summed E-state index contributed by atoms with van der Waals surface area (Å²) in [5, 5.41) is 7.57. The third kappa shape index (κ3) is 2.93. The van der Waals surface area contributed by atoms with Crippen LogP contribution in [0.25, 0.3) is 11.4 Å². The quantitative estimate of drug-likeness (QED) is 0.517. The Hall–Kier alpha value is -3.38. The van der Waals surface area contributed by atoms with Crippen molar-refractivity contribution in [1.82, 2.24) is 19.7 Å². The number of H-pyrrole nitrogens is 1. The van der Waals surface area contributed by atoms with Gasteiger partial charge in [-0.3, -0.25) is 9.89 Å². The number of para-hydroxylation sites is 1. The van der Waals surface area contributed by atoms with E-state index in [0.717, 1.165) is 34.5 Å². The molecular formula is C22H18ClN5O. The number of carbonyl (C=O) groups excluding carboxylic acids is 1. The molecule has 4 aromatic rings. The van der Waals surface area contributed by atoms with Gasteiger partial charge in [0.25, 0.3) is 0 Å². The number of nitrogens with zero attached hydrogens (tertiary/aromatic N) is 4. The third-order valence-corrected chi connectivity index (χ3v) is 5.64. The molecular weight excluding hydrogens is 386 g/mol. The Bertz CT molecular complexity index is 1210. The lowest BCUT2D eigenvalue weighted by molar-refractivity contribution is -0.107. The molecule has 0 aliphatic carbocycles. The Balaban J connectivity index is 1.67. The van der Waals surface area contributed by atoms with Crippen molar-refractivity contribution in [1.29, 1.82) is 0 Å². The Morgan fingerprint density at radius 2 is 2.03 bits per heavy atom. The maximum atomic E-state index is 12.2. The highest BCUT2D eigenvalue weighted by Gasteiger charge is 2.31. The summed E-state index contributed by atoms with van der Waals surface area (Å²) in [7, 11) is 0. The van der Waals surface area contributed by atoms with Gasteiger partial charge < -0.3 is 9.47 Å². The first-order chi connectivity index (χ1) is 14.2. The van der Waals surface area contributed by atoms with Gasteiger partial charge in [-0.05, 0) is 42.3 Å². The fourth-order valence-electron chi connectivity index (χ4n) is 3.98. The summed E-state index contributed by atoms with van der Waals surface area (Å²) in [5.74, 6) is 1.34. The molecule has 0 bridgehead atoms. The fourth-order valence-corrected chi connectivity index (χ4v) is 4.26. The molecule has 0 saturated heterocycles. The highest BCUT2D eigenvalue weighted by molar-refractivity contribution is 6.31. The standard InChI is InChI=1S/C22H18ClN5O/c1-14-24-22(26-25-14)15-8-9-17(18(23)11-15)21-20-7-4-10-27(20)12-16-5-2-3-6-19(16)28(21)13-29/h2-11,13,21H,12H2,1H3,(H,24,25,26). The van der Waals surface area contributed by atoms with Crippen LogP contribution in [-0.2, 0) is 11.3 Å². The number of hydrogen-bond donors (Lipinski definition) is 1. The van der Waals surface area contributed by atoms with Crippen molar-refractivity contribution in [3.8, 4) is 11.4 Å². The molecule has 29 heavy (non-hydrogen) atoms. The molecule has 2 aromatic heterocycles. The molecule has 5 rings (SSSR count). The zero-order chi connectivity index (χ0) is 20.0. The van der Waals surface area contributed by atoms with Crippen molar-refractivity contribution in [2.45, 2.75) is 19.5 Å². The van der Waals surface area contributed by atoms with E-state index in [1.165, 1.54) is 0 Å². The van der Waals surface area contributed by atoms with Crippen LogP contribution in [0.3, 0.4) is 0 Å². The number of carbonyl (C=O) groups is 1. The molecule has 1 aliphatic heterocycles. The van der Waals surface area contributed by atoms with Gasteiger partial charge in [0.15, 0.2) is 5.82 Å². The number of amides is 1. The monoisotopic (exact) mass is 403 g/mol. The third-order valence-electron chi connectivity index (χ3n) is 5.31. The fraction of sp³-hybridized carbons (Fsp3) is 0.136. The number of aromatic nitrogens is 4. The average molecular weight is 404 g/mol. The van der Waals surface area contributed by atoms with Crippen LogP contribution in [0, 0.1) is 6.92 Å². The van der Waals surface area contributed by atoms with Crippen molar-refractivity contribution in [3.63, 3.8) is 0 Å². The van der Waals surface area contributed by atoms with Gasteiger partial charge in [-0.15, -0.1) is 0 Å². The zero-order valence-electron chi connectivity index (χ0n) is 15.7. The van der Waals surface area contributed by atoms with Crippen LogP contribution in [-0.4, -0.2) is 26.2 Å². The lowest BCUT2D eigenvalue weighted by atomic mass is 9.99. The molecule has 3 heterocycles. The SMILES string of the molecule is Cc1n[nH]c(-c2ccc(C3c4cccn4Cc4ccccc4N3C=O)c(Cl)c2)n1. The number of hydrogen-bond acceptors (Lipinski definition) is 3. The van der Waals surface area contributed by atoms with Crippen LogP contribution in [0.1, 0.15) is 28.7 Å². The van der Waals surface area contributed by atoms with Gasteiger partial charge in [0.05, 0.1) is 0 Å². The maximum Gasteiger partial charge on any atom is 0.215 e. The molecule has 6 nitrogen and oxygen atoms in total. The lowest BCUT2D eigenvalue weighted by Crippen LogP contribution is -2.28. The second-order valence-corrected chi connectivity index (χ2v) is 7.48. The van der Waals surface area contributed by atoms with Crippen molar-refractivity contribution in [3.05, 3.63) is 88.5 Å². The van der Waals surface area contributed by atoms with Gasteiger partial charge in [0, 0.05) is 34.7 Å². The number of nitrogens with one attached hydrogen (secondary N) is 1. The predicted molar refractivity (Wildman–Crippen MR) is 112 cm³/mol. The summed E-state index contributed by atoms with van der Waals surface area (Å²) < 4.78 is 2.16. The summed E-state index contributed by atoms with van der Waals surface area (Å²) in [6, 6.07) is 17.5. The first-order valence-corrected chi connectivity index (χ1v) is 9.69. The van der Waals surface area contributed by atoms with Crippen LogP contribution < -0.4 is 4.90 Å². The summed E-state index contributed by atoms with van der Waals surface area (Å²) >= 11 is 6.74. The van der Waals surface area contributed by atoms with E-state index in [4.69, 9.17) is 11.6 Å². The van der Waals surface area contributed by atoms with E-state index in [-0.39, 0.29) is 6.04 Å². The Kier molecular flexibility index (Phi) is 4.21. The molecule has 0 fully saturated rings. The number of aryl methyl sites for hydroxylation is 1. The van der Waals surface area contributed by atoms with Crippen LogP contribution in [0.2, 0.25) is 5.02 Å². The van der Waals surface area contributed by atoms with E-state index in [1.807, 2.05) is 61.7 Å². The zero-order valence-corrected chi connectivity index (χ0v) is 16.5. The smallest absolute Gasteiger partial charge is 0.215 e. The Morgan fingerprint density at radius 1 is 1.17 bits per heavy atom. The van der Waals surface area contributed by atoms with Crippen molar-refractivity contribution < 1.29 is 4.79 Å². The lowest BCUT2D eigenvalue weighted by Gasteiger charge is -2.29. The molecule has 2 aromatic carbocycles. The van der Waals surface area contributed by atoms with Gasteiger partial charge in [-0.25, -0.2) is 4.98 Å². The summed E-state index contributed by atoms with van der Waals surface area (Å²) in [6.45, 7) is 2.53. The highest BCUT2D eigenvalue weighted by Crippen LogP contribution is 2.40. The van der Waals surface area contributed by atoms with E-state index in [0.29, 0.717) is 23.2 Å². The number of rotatable bonds is 3. The van der Waals surface area contributed by atoms with E-state index in [1.54, 1.807) is 4.90 Å². The topological polar surface area (TPSA) is 66.8 Å². The largest absolute Gasteiger partial charge is 0.345 e. The molecule has 7 heteroatoms. The van der Waals surface area contributed by atoms with Gasteiger partial charge in [0.2, 0.25) is 6.41 Å². The van der Waals surface area contributed by atoms with Gasteiger partial charge in [0.1, 0.15) is 11.9 Å². The molecule has 1 unspecified atom stereocenters. The van der Waals surface area contributed by atoms with Crippen LogP contribution in [0.15, 0.2) is 60.8 Å². The van der Waals surface area contributed by atoms with Crippen molar-refractivity contribution >= 4 is 23.7 Å². The second-order valence-electron chi connectivity index (χ2n) is 7.07. The summed E-state index contributed by atoms with van der Waals surface area (Å²) in [5.41, 5.74) is 4.70. The molecule has 0 saturated carbocycles. The van der Waals surface area contributed by atoms with Crippen molar-refractivity contribution in [2.75, 3.05) is 4.90 Å². The minimum absolute atomic E-state index is 0.329. The average Bonchev–Trinajstić information content (AvgIpc) is 3.34. The van der Waals surface area contributed by atoms with Crippen LogP contribution in [0.4, 0.5) is 5.69 Å². The van der Waals surface area contributed by atoms with Crippen LogP contribution in [0.5, 0.6) is 0 Å². The minimum Gasteiger partial charge on any atom is -0.345 e. The number of fused-ring (bicyclic) bond motifs is 2. The normalized spacial score (nSPS) is 15.5. The Labute approximate surface area is 172 Å². The maximum absolute atomic E-state index is 12.2. The molecule has 1 N–H and O–H groups in total. The number of anilines is 1. The van der Waals surface area contributed by atoms with Gasteiger partial charge in [-0.1, -0.05) is 41.9 Å². The molecule has 1 atom stereocenters. The molecule has 0 radical (unpaired) electrons. The minimum atomic E-state index is -0.329. The van der Waals surface area contributed by atoms with E-state index >= 15 is 0 Å². The predicted octanol–water partition coefficient (Wildman–Crippen LogP) is 4.35.